The molecule has 0 saturated heterocycles. The number of aromatic nitrogens is 1. The molecule has 4 rings (SSSR count). The lowest BCUT2D eigenvalue weighted by molar-refractivity contribution is -0.147. The Morgan fingerprint density at radius 2 is 2.08 bits per heavy atom. The molecule has 26 heavy (non-hydrogen) atoms. The maximum atomic E-state index is 12.5. The number of carbonyl (C=O) groups is 3. The third-order valence-electron chi connectivity index (χ3n) is 4.35. The number of ether oxygens (including phenoxy) is 2. The molecule has 0 bridgehead atoms. The van der Waals surface area contributed by atoms with Crippen molar-refractivity contribution in [2.45, 2.75) is 16.2 Å². The Bertz CT molecular complexity index is 1010. The Morgan fingerprint density at radius 3 is 2.77 bits per heavy atom. The van der Waals surface area contributed by atoms with Gasteiger partial charge in [-0.1, -0.05) is 23.1 Å². The molecule has 3 atom stereocenters. The number of hydrogen-bond donors (Lipinski definition) is 2. The number of benzene rings is 1. The molecule has 134 valence electrons. The minimum absolute atomic E-state index is 0.242. The van der Waals surface area contributed by atoms with Gasteiger partial charge in [-0.3, -0.25) is 14.4 Å². The van der Waals surface area contributed by atoms with E-state index >= 15 is 0 Å². The molecule has 3 heterocycles. The number of aliphatic carboxylic acids is 1. The van der Waals surface area contributed by atoms with Gasteiger partial charge in [-0.2, -0.15) is 0 Å². The molecule has 1 aromatic heterocycles. The molecule has 1 aromatic carbocycles. The van der Waals surface area contributed by atoms with E-state index in [1.165, 1.54) is 25.3 Å². The van der Waals surface area contributed by atoms with Gasteiger partial charge in [-0.25, -0.2) is 4.79 Å². The van der Waals surface area contributed by atoms with Gasteiger partial charge in [-0.05, 0) is 18.2 Å². The van der Waals surface area contributed by atoms with Crippen molar-refractivity contribution in [3.8, 4) is 5.75 Å². The molecule has 0 spiro atoms. The van der Waals surface area contributed by atoms with Gasteiger partial charge in [0.1, 0.15) is 11.0 Å². The van der Waals surface area contributed by atoms with Crippen LogP contribution in [0, 0.1) is 5.92 Å². The third-order valence-corrected chi connectivity index (χ3v) is 6.75. The zero-order valence-electron chi connectivity index (χ0n) is 13.2. The quantitative estimate of drug-likeness (QED) is 0.581. The lowest BCUT2D eigenvalue weighted by atomic mass is 9.79. The molecule has 10 heteroatoms. The van der Waals surface area contributed by atoms with Crippen molar-refractivity contribution in [2.24, 2.45) is 5.92 Å². The van der Waals surface area contributed by atoms with Gasteiger partial charge in [0.05, 0.1) is 23.6 Å². The highest BCUT2D eigenvalue weighted by atomic mass is 32.2. The fourth-order valence-electron chi connectivity index (χ4n) is 3.26. The normalized spacial score (nSPS) is 23.3. The molecule has 0 aliphatic carbocycles. The number of aromatic amines is 1. The smallest absolute Gasteiger partial charge is 0.337 e. The van der Waals surface area contributed by atoms with Crippen LogP contribution >= 0.6 is 23.1 Å². The van der Waals surface area contributed by atoms with Crippen molar-refractivity contribution in [2.75, 3.05) is 7.11 Å². The van der Waals surface area contributed by atoms with E-state index in [1.807, 2.05) is 0 Å². The predicted molar refractivity (Wildman–Crippen MR) is 91.0 cm³/mol. The lowest BCUT2D eigenvalue weighted by Gasteiger charge is -2.37. The van der Waals surface area contributed by atoms with E-state index in [4.69, 9.17) is 9.47 Å². The highest BCUT2D eigenvalue weighted by Crippen LogP contribution is 2.53. The number of carboxylic acid groups (broad SMARTS) is 1. The number of hydrogen-bond acceptors (Lipinski definition) is 8. The summed E-state index contributed by atoms with van der Waals surface area (Å²) in [7, 11) is 1.25. The SMILES string of the molecule is COC(=O)c1ccc2c(c1)[C@@H]1c3sc(=O)[nH]c3S[C@@H](C(=O)O)[C@H]1C(=O)O2. The number of thiazole rings is 1. The molecular formula is C16H11NO7S2. The second-order valence-electron chi connectivity index (χ2n) is 5.75. The summed E-state index contributed by atoms with van der Waals surface area (Å²) in [5.41, 5.74) is 0.734. The first-order valence-corrected chi connectivity index (χ1v) is 9.16. The van der Waals surface area contributed by atoms with Crippen molar-refractivity contribution < 1.29 is 29.0 Å². The number of thioether (sulfide) groups is 1. The summed E-state index contributed by atoms with van der Waals surface area (Å²) < 4.78 is 10.0. The number of rotatable bonds is 2. The Morgan fingerprint density at radius 1 is 1.31 bits per heavy atom. The average Bonchev–Trinajstić information content (AvgIpc) is 2.99. The lowest BCUT2D eigenvalue weighted by Crippen LogP contribution is -2.44. The predicted octanol–water partition coefficient (Wildman–Crippen LogP) is 1.45. The number of carbonyl (C=O) groups excluding carboxylic acids is 2. The molecule has 2 N–H and O–H groups in total. The van der Waals surface area contributed by atoms with Gasteiger partial charge in [-0.15, -0.1) is 0 Å². The van der Waals surface area contributed by atoms with Crippen LogP contribution < -0.4 is 9.61 Å². The molecule has 2 aliphatic rings. The van der Waals surface area contributed by atoms with Gasteiger partial charge in [0.25, 0.3) is 0 Å². The molecule has 2 aromatic rings. The largest absolute Gasteiger partial charge is 0.480 e. The number of H-pyrrole nitrogens is 1. The minimum Gasteiger partial charge on any atom is -0.480 e. The van der Waals surface area contributed by atoms with Crippen LogP contribution in [0.3, 0.4) is 0 Å². The Balaban J connectivity index is 1.95. The second-order valence-corrected chi connectivity index (χ2v) is 7.92. The van der Waals surface area contributed by atoms with E-state index in [1.54, 1.807) is 0 Å². The highest BCUT2D eigenvalue weighted by Gasteiger charge is 2.51. The second kappa shape index (κ2) is 5.99. The highest BCUT2D eigenvalue weighted by molar-refractivity contribution is 8.00. The number of methoxy groups -OCH3 is 1. The maximum Gasteiger partial charge on any atom is 0.337 e. The maximum absolute atomic E-state index is 12.5. The van der Waals surface area contributed by atoms with Crippen molar-refractivity contribution in [3.63, 3.8) is 0 Å². The fourth-order valence-corrected chi connectivity index (χ4v) is 5.66. The van der Waals surface area contributed by atoms with Gasteiger partial charge < -0.3 is 19.6 Å². The Labute approximate surface area is 154 Å². The Kier molecular flexibility index (Phi) is 3.88. The standard InChI is InChI=1S/C16H11NO7S2/c1-23-14(20)5-2-3-7-6(4-5)8-9(15(21)24-7)11(13(18)19)25-12-10(8)26-16(22)17-12/h2-4,8-9,11H,1H3,(H,17,22)(H,18,19)/t8-,9-,11+/m0/s1. The summed E-state index contributed by atoms with van der Waals surface area (Å²) in [6, 6.07) is 4.46. The molecule has 0 amide bonds. The zero-order valence-corrected chi connectivity index (χ0v) is 14.8. The van der Waals surface area contributed by atoms with E-state index in [9.17, 15) is 24.3 Å². The van der Waals surface area contributed by atoms with Crippen molar-refractivity contribution in [1.82, 2.24) is 4.98 Å². The number of fused-ring (bicyclic) bond motifs is 5. The zero-order chi connectivity index (χ0) is 18.6. The molecule has 2 aliphatic heterocycles. The molecular weight excluding hydrogens is 382 g/mol. The summed E-state index contributed by atoms with van der Waals surface area (Å²) in [4.78, 5) is 50.8. The monoisotopic (exact) mass is 393 g/mol. The number of nitrogens with one attached hydrogen (secondary N) is 1. The molecule has 0 saturated carbocycles. The molecule has 0 unspecified atom stereocenters. The topological polar surface area (TPSA) is 123 Å². The van der Waals surface area contributed by atoms with Crippen LogP contribution in [0.2, 0.25) is 0 Å². The van der Waals surface area contributed by atoms with E-state index < -0.39 is 35.0 Å². The van der Waals surface area contributed by atoms with Gasteiger partial charge >= 0.3 is 22.8 Å². The summed E-state index contributed by atoms with van der Waals surface area (Å²) in [6.07, 6.45) is 0. The van der Waals surface area contributed by atoms with Gasteiger partial charge in [0.2, 0.25) is 0 Å². The van der Waals surface area contributed by atoms with E-state index in [0.717, 1.165) is 23.1 Å². The van der Waals surface area contributed by atoms with Gasteiger partial charge in [0, 0.05) is 16.4 Å². The van der Waals surface area contributed by atoms with E-state index in [0.29, 0.717) is 15.5 Å². The van der Waals surface area contributed by atoms with Crippen molar-refractivity contribution in [3.05, 3.63) is 43.9 Å². The van der Waals surface area contributed by atoms with Crippen LogP contribution in [-0.2, 0) is 14.3 Å². The number of esters is 2. The van der Waals surface area contributed by atoms with Crippen molar-refractivity contribution >= 4 is 41.0 Å². The summed E-state index contributed by atoms with van der Waals surface area (Å²) >= 11 is 1.85. The Hall–Kier alpha value is -2.59. The summed E-state index contributed by atoms with van der Waals surface area (Å²) in [5.74, 6) is -3.85. The minimum atomic E-state index is -1.17. The number of carboxylic acids is 1. The van der Waals surface area contributed by atoms with Crippen LogP contribution in [0.5, 0.6) is 5.75 Å². The fraction of sp³-hybridized carbons (Fsp3) is 0.250. The van der Waals surface area contributed by atoms with Crippen molar-refractivity contribution in [1.29, 1.82) is 0 Å². The first-order chi connectivity index (χ1) is 12.4. The van der Waals surface area contributed by atoms with E-state index in [2.05, 4.69) is 4.98 Å². The summed E-state index contributed by atoms with van der Waals surface area (Å²) in [5, 5.41) is 8.88. The molecule has 0 radical (unpaired) electrons. The average molecular weight is 393 g/mol. The molecule has 0 fully saturated rings. The van der Waals surface area contributed by atoms with Crippen LogP contribution in [0.4, 0.5) is 0 Å². The van der Waals surface area contributed by atoms with E-state index in [-0.39, 0.29) is 16.2 Å². The van der Waals surface area contributed by atoms with Crippen LogP contribution in [0.1, 0.15) is 26.7 Å². The third kappa shape index (κ3) is 2.44. The van der Waals surface area contributed by atoms with Crippen LogP contribution in [0.25, 0.3) is 0 Å². The first-order valence-electron chi connectivity index (χ1n) is 7.47. The molecule has 8 nitrogen and oxygen atoms in total. The summed E-state index contributed by atoms with van der Waals surface area (Å²) in [6.45, 7) is 0. The first kappa shape index (κ1) is 16.9. The van der Waals surface area contributed by atoms with Gasteiger partial charge in [0.15, 0.2) is 0 Å². The van der Waals surface area contributed by atoms with Crippen LogP contribution in [-0.4, -0.2) is 40.4 Å². The van der Waals surface area contributed by atoms with Crippen LogP contribution in [0.15, 0.2) is 28.0 Å².